The normalized spacial score (nSPS) is 24.8. The summed E-state index contributed by atoms with van der Waals surface area (Å²) < 4.78 is 1.82. The Morgan fingerprint density at radius 2 is 2.00 bits per heavy atom. The Morgan fingerprint density at radius 1 is 1.42 bits per heavy atom. The fourth-order valence-electron chi connectivity index (χ4n) is 2.71. The molecule has 6 nitrogen and oxygen atoms in total. The number of thioether (sulfide) groups is 1. The molecule has 0 saturated carbocycles. The summed E-state index contributed by atoms with van der Waals surface area (Å²) in [4.78, 5) is 2.28. The number of aryl methyl sites for hydroxylation is 2. The quantitative estimate of drug-likeness (QED) is 0.368. The molecule has 7 heteroatoms. The summed E-state index contributed by atoms with van der Waals surface area (Å²) >= 11 is 1.99. The monoisotopic (exact) mass is 283 g/mol. The van der Waals surface area contributed by atoms with E-state index >= 15 is 0 Å². The number of nitrogens with two attached hydrogens (primary N) is 1. The highest BCUT2D eigenvalue weighted by molar-refractivity contribution is 8.00. The van der Waals surface area contributed by atoms with Crippen LogP contribution in [0.15, 0.2) is 5.16 Å². The number of aromatic nitrogens is 2. The second kappa shape index (κ2) is 5.32. The van der Waals surface area contributed by atoms with Gasteiger partial charge in [-0.15, -0.1) is 0 Å². The number of hydrogen-bond donors (Lipinski definition) is 2. The molecule has 0 aromatic carbocycles. The maximum atomic E-state index is 8.95. The van der Waals surface area contributed by atoms with E-state index in [0.29, 0.717) is 10.5 Å². The summed E-state index contributed by atoms with van der Waals surface area (Å²) in [7, 11) is 1.90. The minimum atomic E-state index is 0.124. The number of oxime groups is 1. The van der Waals surface area contributed by atoms with Crippen LogP contribution in [0.4, 0.5) is 5.82 Å². The average Bonchev–Trinajstić information content (AvgIpc) is 2.62. The number of anilines is 1. The van der Waals surface area contributed by atoms with E-state index in [1.165, 1.54) is 0 Å². The van der Waals surface area contributed by atoms with Crippen LogP contribution in [-0.2, 0) is 7.05 Å². The molecular weight excluding hydrogens is 262 g/mol. The molecule has 19 heavy (non-hydrogen) atoms. The van der Waals surface area contributed by atoms with Crippen molar-refractivity contribution in [3.63, 3.8) is 0 Å². The fraction of sp³-hybridized carbons (Fsp3) is 0.667. The predicted octanol–water partition coefficient (Wildman–Crippen LogP) is 1.15. The summed E-state index contributed by atoms with van der Waals surface area (Å²) in [5.41, 5.74) is 7.32. The molecule has 0 spiro atoms. The van der Waals surface area contributed by atoms with Gasteiger partial charge in [0.05, 0.1) is 11.3 Å². The van der Waals surface area contributed by atoms with E-state index in [0.717, 1.165) is 30.2 Å². The molecule has 1 aromatic rings. The maximum absolute atomic E-state index is 8.95. The number of rotatable bonds is 2. The molecule has 1 aromatic heterocycles. The van der Waals surface area contributed by atoms with Crippen LogP contribution in [-0.4, -0.2) is 44.4 Å². The zero-order valence-corrected chi connectivity index (χ0v) is 12.6. The van der Waals surface area contributed by atoms with Gasteiger partial charge < -0.3 is 15.8 Å². The lowest BCUT2D eigenvalue weighted by atomic mass is 10.2. The Labute approximate surface area is 117 Å². The van der Waals surface area contributed by atoms with Gasteiger partial charge in [-0.05, 0) is 6.92 Å². The lowest BCUT2D eigenvalue weighted by Crippen LogP contribution is -2.42. The van der Waals surface area contributed by atoms with Crippen molar-refractivity contribution in [2.75, 3.05) is 18.0 Å². The Morgan fingerprint density at radius 3 is 2.53 bits per heavy atom. The summed E-state index contributed by atoms with van der Waals surface area (Å²) in [6.45, 7) is 8.21. The third-order valence-electron chi connectivity index (χ3n) is 3.27. The molecule has 106 valence electrons. The van der Waals surface area contributed by atoms with E-state index in [1.807, 2.05) is 30.4 Å². The second-order valence-electron chi connectivity index (χ2n) is 5.06. The SMILES string of the molecule is Cc1nn(C)c(N2CC(C)SC(C)C2)c1C(N)=NO. The van der Waals surface area contributed by atoms with Crippen molar-refractivity contribution in [3.8, 4) is 0 Å². The Bertz CT molecular complexity index is 489. The largest absolute Gasteiger partial charge is 0.409 e. The van der Waals surface area contributed by atoms with Gasteiger partial charge in [-0.3, -0.25) is 4.68 Å². The van der Waals surface area contributed by atoms with Crippen molar-refractivity contribution in [1.29, 1.82) is 0 Å². The number of hydrogen-bond acceptors (Lipinski definition) is 5. The van der Waals surface area contributed by atoms with Crippen molar-refractivity contribution >= 4 is 23.4 Å². The summed E-state index contributed by atoms with van der Waals surface area (Å²) in [5, 5.41) is 17.6. The smallest absolute Gasteiger partial charge is 0.175 e. The first-order chi connectivity index (χ1) is 8.93. The van der Waals surface area contributed by atoms with Crippen LogP contribution < -0.4 is 10.6 Å². The van der Waals surface area contributed by atoms with Crippen LogP contribution in [0.1, 0.15) is 25.1 Å². The van der Waals surface area contributed by atoms with Gasteiger partial charge in [0.1, 0.15) is 5.82 Å². The van der Waals surface area contributed by atoms with Gasteiger partial charge in [-0.1, -0.05) is 19.0 Å². The molecule has 0 amide bonds. The van der Waals surface area contributed by atoms with E-state index in [9.17, 15) is 0 Å². The molecular formula is C12H21N5OS. The molecule has 1 aliphatic heterocycles. The molecule has 2 atom stereocenters. The van der Waals surface area contributed by atoms with Gasteiger partial charge in [0.2, 0.25) is 0 Å². The summed E-state index contributed by atoms with van der Waals surface area (Å²) in [6.07, 6.45) is 0. The lowest BCUT2D eigenvalue weighted by molar-refractivity contribution is 0.318. The Balaban J connectivity index is 2.44. The molecule has 1 aliphatic rings. The van der Waals surface area contributed by atoms with Crippen LogP contribution in [0.25, 0.3) is 0 Å². The summed E-state index contributed by atoms with van der Waals surface area (Å²) in [6, 6.07) is 0. The predicted molar refractivity (Wildman–Crippen MR) is 79.2 cm³/mol. The summed E-state index contributed by atoms with van der Waals surface area (Å²) in [5.74, 6) is 1.06. The molecule has 0 bridgehead atoms. The molecule has 1 saturated heterocycles. The number of nitrogens with zero attached hydrogens (tertiary/aromatic N) is 4. The van der Waals surface area contributed by atoms with Crippen LogP contribution in [0, 0.1) is 6.92 Å². The first-order valence-electron chi connectivity index (χ1n) is 6.36. The van der Waals surface area contributed by atoms with Gasteiger partial charge in [0.25, 0.3) is 0 Å². The van der Waals surface area contributed by atoms with Crippen LogP contribution in [0.2, 0.25) is 0 Å². The molecule has 2 heterocycles. The van der Waals surface area contributed by atoms with Crippen molar-refractivity contribution in [2.24, 2.45) is 17.9 Å². The van der Waals surface area contributed by atoms with Crippen LogP contribution >= 0.6 is 11.8 Å². The third-order valence-corrected chi connectivity index (χ3v) is 4.50. The van der Waals surface area contributed by atoms with Gasteiger partial charge in [-0.25, -0.2) is 0 Å². The topological polar surface area (TPSA) is 79.7 Å². The van der Waals surface area contributed by atoms with Crippen molar-refractivity contribution in [3.05, 3.63) is 11.3 Å². The van der Waals surface area contributed by atoms with E-state index in [4.69, 9.17) is 10.9 Å². The standard InChI is InChI=1S/C12H21N5OS/c1-7-5-17(6-8(2)19-7)12-10(11(13)15-18)9(3)14-16(12)4/h7-8,18H,5-6H2,1-4H3,(H2,13,15). The van der Waals surface area contributed by atoms with Crippen molar-refractivity contribution < 1.29 is 5.21 Å². The zero-order chi connectivity index (χ0) is 14.2. The third kappa shape index (κ3) is 2.65. The average molecular weight is 283 g/mol. The second-order valence-corrected chi connectivity index (χ2v) is 6.94. The van der Waals surface area contributed by atoms with E-state index in [1.54, 1.807) is 0 Å². The highest BCUT2D eigenvalue weighted by Gasteiger charge is 2.28. The molecule has 3 N–H and O–H groups in total. The van der Waals surface area contributed by atoms with Crippen LogP contribution in [0.3, 0.4) is 0 Å². The highest BCUT2D eigenvalue weighted by atomic mass is 32.2. The van der Waals surface area contributed by atoms with E-state index in [-0.39, 0.29) is 5.84 Å². The minimum Gasteiger partial charge on any atom is -0.409 e. The maximum Gasteiger partial charge on any atom is 0.175 e. The molecule has 0 radical (unpaired) electrons. The Hall–Kier alpha value is -1.37. The zero-order valence-electron chi connectivity index (χ0n) is 11.8. The van der Waals surface area contributed by atoms with Crippen LogP contribution in [0.5, 0.6) is 0 Å². The van der Waals surface area contributed by atoms with Crippen molar-refractivity contribution in [2.45, 2.75) is 31.3 Å². The fourth-order valence-corrected chi connectivity index (χ4v) is 4.03. The Kier molecular flexibility index (Phi) is 3.93. The van der Waals surface area contributed by atoms with Gasteiger partial charge in [0, 0.05) is 30.6 Å². The van der Waals surface area contributed by atoms with E-state index < -0.39 is 0 Å². The molecule has 2 rings (SSSR count). The minimum absolute atomic E-state index is 0.124. The highest BCUT2D eigenvalue weighted by Crippen LogP contribution is 2.31. The van der Waals surface area contributed by atoms with Gasteiger partial charge >= 0.3 is 0 Å². The lowest BCUT2D eigenvalue weighted by Gasteiger charge is -2.36. The number of amidine groups is 1. The molecule has 0 aliphatic carbocycles. The first kappa shape index (κ1) is 14.0. The van der Waals surface area contributed by atoms with Gasteiger partial charge in [0.15, 0.2) is 5.84 Å². The first-order valence-corrected chi connectivity index (χ1v) is 7.30. The molecule has 2 unspecified atom stereocenters. The van der Waals surface area contributed by atoms with Crippen molar-refractivity contribution in [1.82, 2.24) is 9.78 Å². The molecule has 1 fully saturated rings. The van der Waals surface area contributed by atoms with Gasteiger partial charge in [-0.2, -0.15) is 16.9 Å². The van der Waals surface area contributed by atoms with E-state index in [2.05, 4.69) is 29.0 Å².